The van der Waals surface area contributed by atoms with Crippen LogP contribution in [0.2, 0.25) is 0 Å². The van der Waals surface area contributed by atoms with Gasteiger partial charge in [-0.3, -0.25) is 4.79 Å². The third-order valence-corrected chi connectivity index (χ3v) is 3.25. The van der Waals surface area contributed by atoms with Crippen LogP contribution in [-0.2, 0) is 0 Å². The van der Waals surface area contributed by atoms with Crippen molar-refractivity contribution in [3.63, 3.8) is 0 Å². The van der Waals surface area contributed by atoms with Crippen LogP contribution in [0.5, 0.6) is 0 Å². The SMILES string of the molecule is Cc1ccc(C=O)cc1-c1ccccc1Br. The zero-order chi connectivity index (χ0) is 11.5. The lowest BCUT2D eigenvalue weighted by Crippen LogP contribution is -1.88. The van der Waals surface area contributed by atoms with Crippen LogP contribution < -0.4 is 0 Å². The van der Waals surface area contributed by atoms with E-state index in [2.05, 4.69) is 15.9 Å². The van der Waals surface area contributed by atoms with Crippen molar-refractivity contribution in [3.8, 4) is 11.1 Å². The minimum atomic E-state index is 0.705. The van der Waals surface area contributed by atoms with Crippen LogP contribution in [-0.4, -0.2) is 6.29 Å². The van der Waals surface area contributed by atoms with Gasteiger partial charge in [-0.25, -0.2) is 0 Å². The summed E-state index contributed by atoms with van der Waals surface area (Å²) in [5.41, 5.74) is 4.08. The summed E-state index contributed by atoms with van der Waals surface area (Å²) in [7, 11) is 0. The van der Waals surface area contributed by atoms with E-state index >= 15 is 0 Å². The monoisotopic (exact) mass is 274 g/mol. The van der Waals surface area contributed by atoms with Crippen molar-refractivity contribution in [3.05, 3.63) is 58.1 Å². The van der Waals surface area contributed by atoms with E-state index in [1.807, 2.05) is 49.4 Å². The molecule has 0 aliphatic heterocycles. The molecule has 0 bridgehead atoms. The van der Waals surface area contributed by atoms with Gasteiger partial charge in [0.15, 0.2) is 0 Å². The Bertz CT molecular complexity index is 532. The van der Waals surface area contributed by atoms with Gasteiger partial charge in [-0.05, 0) is 35.7 Å². The summed E-state index contributed by atoms with van der Waals surface area (Å²) in [5.74, 6) is 0. The van der Waals surface area contributed by atoms with Gasteiger partial charge >= 0.3 is 0 Å². The third kappa shape index (κ3) is 2.07. The lowest BCUT2D eigenvalue weighted by Gasteiger charge is -2.08. The molecule has 0 atom stereocenters. The molecule has 0 unspecified atom stereocenters. The molecule has 0 N–H and O–H groups in total. The Balaban J connectivity index is 2.63. The standard InChI is InChI=1S/C14H11BrO/c1-10-6-7-11(9-16)8-13(10)12-4-2-3-5-14(12)15/h2-9H,1H3. The maximum atomic E-state index is 10.8. The first-order chi connectivity index (χ1) is 7.72. The molecular formula is C14H11BrO. The first-order valence-corrected chi connectivity index (χ1v) is 5.82. The minimum absolute atomic E-state index is 0.705. The van der Waals surface area contributed by atoms with Gasteiger partial charge in [0.05, 0.1) is 0 Å². The lowest BCUT2D eigenvalue weighted by molar-refractivity contribution is 0.112. The van der Waals surface area contributed by atoms with Gasteiger partial charge in [0, 0.05) is 10.0 Å². The van der Waals surface area contributed by atoms with Gasteiger partial charge in [-0.2, -0.15) is 0 Å². The molecule has 2 rings (SSSR count). The Morgan fingerprint density at radius 3 is 2.50 bits per heavy atom. The van der Waals surface area contributed by atoms with Crippen LogP contribution in [0.25, 0.3) is 11.1 Å². The Hall–Kier alpha value is -1.41. The van der Waals surface area contributed by atoms with Crippen molar-refractivity contribution in [1.82, 2.24) is 0 Å². The fourth-order valence-corrected chi connectivity index (χ4v) is 2.18. The molecule has 2 heteroatoms. The van der Waals surface area contributed by atoms with E-state index in [0.717, 1.165) is 27.4 Å². The lowest BCUT2D eigenvalue weighted by atomic mass is 9.98. The number of hydrogen-bond donors (Lipinski definition) is 0. The average molecular weight is 275 g/mol. The highest BCUT2D eigenvalue weighted by Gasteiger charge is 2.06. The van der Waals surface area contributed by atoms with Crippen LogP contribution in [0, 0.1) is 6.92 Å². The van der Waals surface area contributed by atoms with Gasteiger partial charge in [-0.15, -0.1) is 0 Å². The first-order valence-electron chi connectivity index (χ1n) is 5.03. The van der Waals surface area contributed by atoms with E-state index in [0.29, 0.717) is 5.56 Å². The van der Waals surface area contributed by atoms with Crippen molar-refractivity contribution in [2.45, 2.75) is 6.92 Å². The number of halogens is 1. The second kappa shape index (κ2) is 4.62. The Morgan fingerprint density at radius 2 is 1.81 bits per heavy atom. The zero-order valence-electron chi connectivity index (χ0n) is 8.91. The molecule has 1 nitrogen and oxygen atoms in total. The highest BCUT2D eigenvalue weighted by Crippen LogP contribution is 2.30. The number of rotatable bonds is 2. The third-order valence-electron chi connectivity index (χ3n) is 2.56. The van der Waals surface area contributed by atoms with Gasteiger partial charge in [0.1, 0.15) is 6.29 Å². The van der Waals surface area contributed by atoms with Gasteiger partial charge in [0.25, 0.3) is 0 Å². The average Bonchev–Trinajstić information content (AvgIpc) is 2.31. The second-order valence-corrected chi connectivity index (χ2v) is 4.53. The highest BCUT2D eigenvalue weighted by atomic mass is 79.9. The molecule has 0 aliphatic carbocycles. The summed E-state index contributed by atoms with van der Waals surface area (Å²) in [6.45, 7) is 2.04. The zero-order valence-corrected chi connectivity index (χ0v) is 10.5. The van der Waals surface area contributed by atoms with E-state index in [1.54, 1.807) is 0 Å². The molecular weight excluding hydrogens is 264 g/mol. The molecule has 0 heterocycles. The van der Waals surface area contributed by atoms with Crippen molar-refractivity contribution in [1.29, 1.82) is 0 Å². The van der Waals surface area contributed by atoms with Crippen LogP contribution in [0.4, 0.5) is 0 Å². The normalized spacial score (nSPS) is 10.1. The number of benzene rings is 2. The fraction of sp³-hybridized carbons (Fsp3) is 0.0714. The van der Waals surface area contributed by atoms with Crippen molar-refractivity contribution in [2.24, 2.45) is 0 Å². The van der Waals surface area contributed by atoms with Crippen LogP contribution in [0.3, 0.4) is 0 Å². The Kier molecular flexibility index (Phi) is 3.20. The van der Waals surface area contributed by atoms with Gasteiger partial charge in [-0.1, -0.05) is 46.3 Å². The Labute approximate surface area is 103 Å². The first kappa shape index (κ1) is 11.1. The number of aryl methyl sites for hydroxylation is 1. The topological polar surface area (TPSA) is 17.1 Å². The molecule has 0 amide bonds. The van der Waals surface area contributed by atoms with Crippen molar-refractivity contribution >= 4 is 22.2 Å². The quantitative estimate of drug-likeness (QED) is 0.749. The molecule has 0 aliphatic rings. The second-order valence-electron chi connectivity index (χ2n) is 3.67. The highest BCUT2D eigenvalue weighted by molar-refractivity contribution is 9.10. The summed E-state index contributed by atoms with van der Waals surface area (Å²) >= 11 is 3.53. The van der Waals surface area contributed by atoms with Crippen LogP contribution in [0.1, 0.15) is 15.9 Å². The molecule has 2 aromatic rings. The molecule has 16 heavy (non-hydrogen) atoms. The van der Waals surface area contributed by atoms with Crippen molar-refractivity contribution < 1.29 is 4.79 Å². The largest absolute Gasteiger partial charge is 0.298 e. The summed E-state index contributed by atoms with van der Waals surface area (Å²) in [4.78, 5) is 10.8. The molecule has 0 fully saturated rings. The molecule has 2 aromatic carbocycles. The molecule has 0 saturated heterocycles. The molecule has 0 radical (unpaired) electrons. The minimum Gasteiger partial charge on any atom is -0.298 e. The predicted molar refractivity (Wildman–Crippen MR) is 69.7 cm³/mol. The van der Waals surface area contributed by atoms with Gasteiger partial charge in [0.2, 0.25) is 0 Å². The molecule has 0 aromatic heterocycles. The maximum absolute atomic E-state index is 10.8. The van der Waals surface area contributed by atoms with E-state index in [9.17, 15) is 4.79 Å². The van der Waals surface area contributed by atoms with E-state index in [1.165, 1.54) is 0 Å². The van der Waals surface area contributed by atoms with E-state index in [4.69, 9.17) is 0 Å². The van der Waals surface area contributed by atoms with Crippen molar-refractivity contribution in [2.75, 3.05) is 0 Å². The smallest absolute Gasteiger partial charge is 0.150 e. The number of carbonyl (C=O) groups is 1. The predicted octanol–water partition coefficient (Wildman–Crippen LogP) is 4.24. The van der Waals surface area contributed by atoms with Crippen LogP contribution in [0.15, 0.2) is 46.9 Å². The molecule has 0 saturated carbocycles. The maximum Gasteiger partial charge on any atom is 0.150 e. The number of aldehydes is 1. The summed E-state index contributed by atoms with van der Waals surface area (Å²) in [6, 6.07) is 13.7. The summed E-state index contributed by atoms with van der Waals surface area (Å²) in [6.07, 6.45) is 0.875. The molecule has 0 spiro atoms. The number of hydrogen-bond acceptors (Lipinski definition) is 1. The fourth-order valence-electron chi connectivity index (χ4n) is 1.68. The van der Waals surface area contributed by atoms with E-state index < -0.39 is 0 Å². The molecule has 80 valence electrons. The number of carbonyl (C=O) groups excluding carboxylic acids is 1. The van der Waals surface area contributed by atoms with Crippen LogP contribution >= 0.6 is 15.9 Å². The van der Waals surface area contributed by atoms with E-state index in [-0.39, 0.29) is 0 Å². The summed E-state index contributed by atoms with van der Waals surface area (Å²) < 4.78 is 1.04. The Morgan fingerprint density at radius 1 is 1.06 bits per heavy atom. The summed E-state index contributed by atoms with van der Waals surface area (Å²) in [5, 5.41) is 0. The van der Waals surface area contributed by atoms with Gasteiger partial charge < -0.3 is 0 Å².